The summed E-state index contributed by atoms with van der Waals surface area (Å²) in [6.45, 7) is 1.73. The number of hydrogen-bond acceptors (Lipinski definition) is 3. The highest BCUT2D eigenvalue weighted by molar-refractivity contribution is 7.88. The smallest absolute Gasteiger partial charge is 0.322 e. The lowest BCUT2D eigenvalue weighted by atomic mass is 10.2. The molecule has 5 nitrogen and oxygen atoms in total. The van der Waals surface area contributed by atoms with Gasteiger partial charge in [0.15, 0.2) is 0 Å². The van der Waals surface area contributed by atoms with Gasteiger partial charge in [-0.1, -0.05) is 29.8 Å². The van der Waals surface area contributed by atoms with Crippen molar-refractivity contribution in [2.75, 3.05) is 0 Å². The van der Waals surface area contributed by atoms with Gasteiger partial charge in [0.05, 0.1) is 5.75 Å². The fourth-order valence-electron chi connectivity index (χ4n) is 2.55. The summed E-state index contributed by atoms with van der Waals surface area (Å²) < 4.78 is 26.1. The van der Waals surface area contributed by atoms with E-state index in [0.29, 0.717) is 23.4 Å². The first-order chi connectivity index (χ1) is 9.33. The predicted molar refractivity (Wildman–Crippen MR) is 76.0 cm³/mol. The number of benzene rings is 1. The van der Waals surface area contributed by atoms with Gasteiger partial charge in [-0.25, -0.2) is 8.42 Å². The SMILES string of the molecule is C[C@@H]1CC[C@H](C(=O)O)N1S(=O)(=O)Cc1ccccc1Cl. The van der Waals surface area contributed by atoms with Crippen molar-refractivity contribution >= 4 is 27.6 Å². The van der Waals surface area contributed by atoms with Crippen molar-refractivity contribution in [3.63, 3.8) is 0 Å². The summed E-state index contributed by atoms with van der Waals surface area (Å²) in [6.07, 6.45) is 0.900. The zero-order chi connectivity index (χ0) is 14.9. The van der Waals surface area contributed by atoms with Crippen molar-refractivity contribution < 1.29 is 18.3 Å². The van der Waals surface area contributed by atoms with Crippen LogP contribution in [0.3, 0.4) is 0 Å². The van der Waals surface area contributed by atoms with E-state index >= 15 is 0 Å². The summed E-state index contributed by atoms with van der Waals surface area (Å²) in [5.74, 6) is -1.38. The highest BCUT2D eigenvalue weighted by atomic mass is 35.5. The molecular formula is C13H16ClNO4S. The van der Waals surface area contributed by atoms with E-state index in [0.717, 1.165) is 4.31 Å². The molecule has 110 valence electrons. The summed E-state index contributed by atoms with van der Waals surface area (Å²) in [6, 6.07) is 5.40. The first-order valence-electron chi connectivity index (χ1n) is 6.30. The molecule has 0 saturated carbocycles. The fourth-order valence-corrected chi connectivity index (χ4v) is 4.86. The number of rotatable bonds is 4. The van der Waals surface area contributed by atoms with Gasteiger partial charge >= 0.3 is 5.97 Å². The molecule has 0 unspecified atom stereocenters. The van der Waals surface area contributed by atoms with Gasteiger partial charge in [0, 0.05) is 11.1 Å². The second kappa shape index (κ2) is 5.71. The molecule has 1 heterocycles. The van der Waals surface area contributed by atoms with E-state index in [-0.39, 0.29) is 11.8 Å². The Kier molecular flexibility index (Phi) is 4.36. The van der Waals surface area contributed by atoms with E-state index < -0.39 is 22.0 Å². The van der Waals surface area contributed by atoms with Gasteiger partial charge in [0.25, 0.3) is 0 Å². The minimum absolute atomic E-state index is 0.277. The van der Waals surface area contributed by atoms with E-state index in [1.807, 2.05) is 0 Å². The summed E-state index contributed by atoms with van der Waals surface area (Å²) in [5, 5.41) is 9.52. The monoisotopic (exact) mass is 317 g/mol. The Balaban J connectivity index is 2.30. The lowest BCUT2D eigenvalue weighted by molar-refractivity contribution is -0.140. The third-order valence-electron chi connectivity index (χ3n) is 3.50. The molecule has 0 aromatic heterocycles. The van der Waals surface area contributed by atoms with Crippen LogP contribution in [0.4, 0.5) is 0 Å². The molecule has 1 saturated heterocycles. The lowest BCUT2D eigenvalue weighted by Gasteiger charge is -2.25. The first kappa shape index (κ1) is 15.3. The molecular weight excluding hydrogens is 302 g/mol. The molecule has 7 heteroatoms. The zero-order valence-electron chi connectivity index (χ0n) is 11.0. The molecule has 2 rings (SSSR count). The van der Waals surface area contributed by atoms with Crippen molar-refractivity contribution in [2.45, 2.75) is 37.6 Å². The second-order valence-electron chi connectivity index (χ2n) is 4.96. The van der Waals surface area contributed by atoms with Gasteiger partial charge in [-0.3, -0.25) is 4.79 Å². The normalized spacial score (nSPS) is 23.9. The third-order valence-corrected chi connectivity index (χ3v) is 5.80. The van der Waals surface area contributed by atoms with Gasteiger partial charge in [0.1, 0.15) is 6.04 Å². The van der Waals surface area contributed by atoms with E-state index in [1.54, 1.807) is 31.2 Å². The quantitative estimate of drug-likeness (QED) is 0.923. The van der Waals surface area contributed by atoms with Crippen LogP contribution in [0.2, 0.25) is 5.02 Å². The highest BCUT2D eigenvalue weighted by Gasteiger charge is 2.43. The van der Waals surface area contributed by atoms with Gasteiger partial charge in [-0.05, 0) is 31.4 Å². The Bertz CT molecular complexity index is 617. The number of aliphatic carboxylic acids is 1. The van der Waals surface area contributed by atoms with Crippen molar-refractivity contribution in [1.29, 1.82) is 0 Å². The Labute approximate surface area is 123 Å². The van der Waals surface area contributed by atoms with Crippen LogP contribution in [0.1, 0.15) is 25.3 Å². The summed E-state index contributed by atoms with van der Waals surface area (Å²) >= 11 is 5.97. The van der Waals surface area contributed by atoms with Crippen LogP contribution < -0.4 is 0 Å². The van der Waals surface area contributed by atoms with Gasteiger partial charge in [-0.15, -0.1) is 0 Å². The number of carboxylic acid groups (broad SMARTS) is 1. The summed E-state index contributed by atoms with van der Waals surface area (Å²) in [4.78, 5) is 11.2. The van der Waals surface area contributed by atoms with Crippen molar-refractivity contribution in [3.05, 3.63) is 34.9 Å². The minimum Gasteiger partial charge on any atom is -0.480 e. The minimum atomic E-state index is -3.71. The Morgan fingerprint density at radius 1 is 1.40 bits per heavy atom. The molecule has 1 aliphatic heterocycles. The number of hydrogen-bond donors (Lipinski definition) is 1. The number of carboxylic acids is 1. The fraction of sp³-hybridized carbons (Fsp3) is 0.462. The molecule has 1 aromatic carbocycles. The predicted octanol–water partition coefficient (Wildman–Crippen LogP) is 2.11. The number of nitrogens with zero attached hydrogens (tertiary/aromatic N) is 1. The van der Waals surface area contributed by atoms with Crippen molar-refractivity contribution in [1.82, 2.24) is 4.31 Å². The Morgan fingerprint density at radius 3 is 2.65 bits per heavy atom. The van der Waals surface area contributed by atoms with E-state index in [1.165, 1.54) is 0 Å². The maximum absolute atomic E-state index is 12.5. The number of carbonyl (C=O) groups is 1. The number of sulfonamides is 1. The Morgan fingerprint density at radius 2 is 2.05 bits per heavy atom. The highest BCUT2D eigenvalue weighted by Crippen LogP contribution is 2.30. The first-order valence-corrected chi connectivity index (χ1v) is 8.29. The van der Waals surface area contributed by atoms with Crippen molar-refractivity contribution in [3.8, 4) is 0 Å². The molecule has 1 aromatic rings. The third kappa shape index (κ3) is 2.97. The van der Waals surface area contributed by atoms with Crippen LogP contribution in [0.5, 0.6) is 0 Å². The van der Waals surface area contributed by atoms with Crippen LogP contribution in [0, 0.1) is 0 Å². The Hall–Kier alpha value is -1.11. The maximum Gasteiger partial charge on any atom is 0.322 e. The topological polar surface area (TPSA) is 74.7 Å². The van der Waals surface area contributed by atoms with Crippen molar-refractivity contribution in [2.24, 2.45) is 0 Å². The lowest BCUT2D eigenvalue weighted by Crippen LogP contribution is -2.44. The molecule has 1 fully saturated rings. The van der Waals surface area contributed by atoms with Crippen LogP contribution >= 0.6 is 11.6 Å². The van der Waals surface area contributed by atoms with Gasteiger partial charge < -0.3 is 5.11 Å². The molecule has 0 amide bonds. The van der Waals surface area contributed by atoms with E-state index in [4.69, 9.17) is 16.7 Å². The van der Waals surface area contributed by atoms with E-state index in [9.17, 15) is 13.2 Å². The maximum atomic E-state index is 12.5. The molecule has 20 heavy (non-hydrogen) atoms. The average molecular weight is 318 g/mol. The van der Waals surface area contributed by atoms with Crippen LogP contribution in [0.15, 0.2) is 24.3 Å². The zero-order valence-corrected chi connectivity index (χ0v) is 12.6. The molecule has 0 spiro atoms. The number of halogens is 1. The van der Waals surface area contributed by atoms with Gasteiger partial charge in [0.2, 0.25) is 10.0 Å². The van der Waals surface area contributed by atoms with Crippen LogP contribution in [0.25, 0.3) is 0 Å². The molecule has 0 radical (unpaired) electrons. The van der Waals surface area contributed by atoms with Crippen LogP contribution in [-0.4, -0.2) is 35.9 Å². The molecule has 2 atom stereocenters. The summed E-state index contributed by atoms with van der Waals surface area (Å²) in [5.41, 5.74) is 0.484. The summed E-state index contributed by atoms with van der Waals surface area (Å²) in [7, 11) is -3.71. The standard InChI is InChI=1S/C13H16ClNO4S/c1-9-6-7-12(13(16)17)15(9)20(18,19)8-10-4-2-3-5-11(10)14/h2-5,9,12H,6-8H2,1H3,(H,16,17)/t9-,12-/m1/s1. The van der Waals surface area contributed by atoms with Gasteiger partial charge in [-0.2, -0.15) is 4.31 Å². The largest absolute Gasteiger partial charge is 0.480 e. The average Bonchev–Trinajstić information content (AvgIpc) is 2.75. The molecule has 0 bridgehead atoms. The molecule has 1 N–H and O–H groups in total. The molecule has 1 aliphatic rings. The second-order valence-corrected chi connectivity index (χ2v) is 7.24. The van der Waals surface area contributed by atoms with Crippen LogP contribution in [-0.2, 0) is 20.6 Å². The van der Waals surface area contributed by atoms with E-state index in [2.05, 4.69) is 0 Å². The molecule has 0 aliphatic carbocycles.